The topological polar surface area (TPSA) is 99.5 Å². The van der Waals surface area contributed by atoms with Crippen molar-refractivity contribution in [2.75, 3.05) is 5.32 Å². The average molecular weight is 387 g/mol. The van der Waals surface area contributed by atoms with Crippen molar-refractivity contribution in [1.82, 2.24) is 15.3 Å². The zero-order chi connectivity index (χ0) is 19.7. The van der Waals surface area contributed by atoms with Crippen LogP contribution in [0.5, 0.6) is 0 Å². The minimum Gasteiger partial charge on any atom is -0.391 e. The largest absolute Gasteiger partial charge is 0.391 e. The maximum absolute atomic E-state index is 13.8. The normalized spacial score (nSPS) is 20.6. The van der Waals surface area contributed by atoms with Gasteiger partial charge in [-0.15, -0.1) is 0 Å². The molecule has 2 aromatic rings. The molecule has 0 bridgehead atoms. The second-order valence-corrected chi connectivity index (χ2v) is 6.88. The average Bonchev–Trinajstić information content (AvgIpc) is 3.29. The molecule has 4 rings (SSSR count). The monoisotopic (exact) mass is 387 g/mol. The SMILES string of the molecule is O=C(NCc1cc(F)ccc1F)C1=NCc2ncnc(N[C@@H]3CCC[C@H]3O)c21. The van der Waals surface area contributed by atoms with Gasteiger partial charge in [0.15, 0.2) is 0 Å². The molecule has 0 unspecified atom stereocenters. The highest BCUT2D eigenvalue weighted by Gasteiger charge is 2.31. The summed E-state index contributed by atoms with van der Waals surface area (Å²) in [5.74, 6) is -1.26. The van der Waals surface area contributed by atoms with Crippen LogP contribution in [-0.4, -0.2) is 38.8 Å². The molecular formula is C19H19F2N5O2. The van der Waals surface area contributed by atoms with Crippen molar-refractivity contribution < 1.29 is 18.7 Å². The van der Waals surface area contributed by atoms with E-state index in [2.05, 4.69) is 25.6 Å². The van der Waals surface area contributed by atoms with Crippen LogP contribution in [0, 0.1) is 11.6 Å². The van der Waals surface area contributed by atoms with Gasteiger partial charge in [-0.25, -0.2) is 18.7 Å². The predicted octanol–water partition coefficient (Wildman–Crippen LogP) is 1.70. The third-order valence-electron chi connectivity index (χ3n) is 5.01. The zero-order valence-electron chi connectivity index (χ0n) is 15.0. The van der Waals surface area contributed by atoms with Crippen molar-refractivity contribution in [3.05, 3.63) is 53.0 Å². The van der Waals surface area contributed by atoms with Gasteiger partial charge >= 0.3 is 0 Å². The number of carbonyl (C=O) groups excluding carboxylic acids is 1. The van der Waals surface area contributed by atoms with Crippen molar-refractivity contribution in [1.29, 1.82) is 0 Å². The Labute approximate surface area is 159 Å². The summed E-state index contributed by atoms with van der Waals surface area (Å²) >= 11 is 0. The summed E-state index contributed by atoms with van der Waals surface area (Å²) in [5, 5.41) is 15.8. The van der Waals surface area contributed by atoms with Crippen LogP contribution in [0.15, 0.2) is 29.5 Å². The minimum absolute atomic E-state index is 0.0453. The highest BCUT2D eigenvalue weighted by molar-refractivity contribution is 6.47. The fourth-order valence-corrected chi connectivity index (χ4v) is 3.54. The van der Waals surface area contributed by atoms with Crippen molar-refractivity contribution >= 4 is 17.4 Å². The van der Waals surface area contributed by atoms with Crippen LogP contribution in [0.1, 0.15) is 36.1 Å². The van der Waals surface area contributed by atoms with E-state index >= 15 is 0 Å². The summed E-state index contributed by atoms with van der Waals surface area (Å²) in [6.45, 7) is 0.0609. The van der Waals surface area contributed by atoms with Gasteiger partial charge in [0.2, 0.25) is 0 Å². The second-order valence-electron chi connectivity index (χ2n) is 6.88. The van der Waals surface area contributed by atoms with Gasteiger partial charge in [-0.1, -0.05) is 0 Å². The van der Waals surface area contributed by atoms with Gasteiger partial charge in [-0.2, -0.15) is 0 Å². The molecule has 1 aliphatic carbocycles. The van der Waals surface area contributed by atoms with E-state index in [1.165, 1.54) is 6.33 Å². The van der Waals surface area contributed by atoms with Gasteiger partial charge in [-0.3, -0.25) is 9.79 Å². The molecule has 9 heteroatoms. The molecular weight excluding hydrogens is 368 g/mol. The number of hydrogen-bond acceptors (Lipinski definition) is 6. The number of aliphatic hydroxyl groups is 1. The molecule has 1 fully saturated rings. The summed E-state index contributed by atoms with van der Waals surface area (Å²) in [4.78, 5) is 25.3. The number of anilines is 1. The minimum atomic E-state index is -0.601. The van der Waals surface area contributed by atoms with Gasteiger partial charge < -0.3 is 15.7 Å². The Hall–Kier alpha value is -2.94. The first kappa shape index (κ1) is 18.4. The van der Waals surface area contributed by atoms with Gasteiger partial charge in [0.1, 0.15) is 29.5 Å². The molecule has 28 heavy (non-hydrogen) atoms. The van der Waals surface area contributed by atoms with Crippen molar-refractivity contribution in [3.8, 4) is 0 Å². The van der Waals surface area contributed by atoms with E-state index in [-0.39, 0.29) is 30.4 Å². The van der Waals surface area contributed by atoms with E-state index < -0.39 is 23.6 Å². The second kappa shape index (κ2) is 7.59. The fraction of sp³-hybridized carbons (Fsp3) is 0.368. The van der Waals surface area contributed by atoms with Crippen molar-refractivity contribution in [2.45, 2.75) is 44.5 Å². The standard InChI is InChI=1S/C19H19F2N5O2/c20-11-4-5-12(21)10(6-11)7-23-19(28)17-16-14(8-22-17)24-9-25-18(16)26-13-2-1-3-15(13)27/h4-6,9,13,15,27H,1-3,7-8H2,(H,23,28)(H,24,25,26)/t13-,15-/m1/s1. The molecule has 1 amide bonds. The number of nitrogens with one attached hydrogen (secondary N) is 2. The van der Waals surface area contributed by atoms with E-state index in [1.54, 1.807) is 0 Å². The molecule has 1 aromatic heterocycles. The molecule has 2 atom stereocenters. The number of aliphatic imine (C=N–C) groups is 1. The number of halogens is 2. The van der Waals surface area contributed by atoms with E-state index in [4.69, 9.17) is 0 Å². The number of benzene rings is 1. The molecule has 7 nitrogen and oxygen atoms in total. The Morgan fingerprint density at radius 1 is 1.25 bits per heavy atom. The lowest BCUT2D eigenvalue weighted by atomic mass is 10.1. The fourth-order valence-electron chi connectivity index (χ4n) is 3.54. The quantitative estimate of drug-likeness (QED) is 0.725. The number of carbonyl (C=O) groups is 1. The van der Waals surface area contributed by atoms with Crippen LogP contribution in [0.3, 0.4) is 0 Å². The number of amides is 1. The van der Waals surface area contributed by atoms with Crippen LogP contribution in [0.4, 0.5) is 14.6 Å². The molecule has 0 radical (unpaired) electrons. The molecule has 3 N–H and O–H groups in total. The number of fused-ring (bicyclic) bond motifs is 1. The van der Waals surface area contributed by atoms with E-state index in [0.29, 0.717) is 23.5 Å². The third-order valence-corrected chi connectivity index (χ3v) is 5.01. The molecule has 1 aromatic carbocycles. The maximum atomic E-state index is 13.8. The van der Waals surface area contributed by atoms with Gasteiger partial charge in [0.05, 0.1) is 29.9 Å². The summed E-state index contributed by atoms with van der Waals surface area (Å²) in [6.07, 6.45) is 3.34. The summed E-state index contributed by atoms with van der Waals surface area (Å²) < 4.78 is 27.1. The predicted molar refractivity (Wildman–Crippen MR) is 97.7 cm³/mol. The number of aromatic nitrogens is 2. The first-order chi connectivity index (χ1) is 13.5. The lowest BCUT2D eigenvalue weighted by Crippen LogP contribution is -2.33. The molecule has 0 saturated heterocycles. The Balaban J connectivity index is 1.52. The van der Waals surface area contributed by atoms with Crippen LogP contribution in [-0.2, 0) is 17.9 Å². The number of hydrogen-bond donors (Lipinski definition) is 3. The van der Waals surface area contributed by atoms with Gasteiger partial charge in [-0.05, 0) is 37.5 Å². The van der Waals surface area contributed by atoms with Crippen molar-refractivity contribution in [3.63, 3.8) is 0 Å². The Morgan fingerprint density at radius 3 is 2.89 bits per heavy atom. The Bertz CT molecular complexity index is 950. The third kappa shape index (κ3) is 3.57. The first-order valence-electron chi connectivity index (χ1n) is 9.08. The smallest absolute Gasteiger partial charge is 0.270 e. The molecule has 1 aliphatic heterocycles. The van der Waals surface area contributed by atoms with E-state index in [0.717, 1.165) is 31.0 Å². The zero-order valence-corrected chi connectivity index (χ0v) is 15.0. The first-order valence-corrected chi connectivity index (χ1v) is 9.08. The van der Waals surface area contributed by atoms with Gasteiger partial charge in [0.25, 0.3) is 5.91 Å². The van der Waals surface area contributed by atoms with Crippen molar-refractivity contribution in [2.24, 2.45) is 4.99 Å². The summed E-state index contributed by atoms with van der Waals surface area (Å²) in [5.41, 5.74) is 1.28. The number of rotatable bonds is 5. The van der Waals surface area contributed by atoms with Gasteiger partial charge in [0, 0.05) is 12.1 Å². The lowest BCUT2D eigenvalue weighted by molar-refractivity contribution is -0.114. The Kier molecular flexibility index (Phi) is 4.99. The maximum Gasteiger partial charge on any atom is 0.270 e. The summed E-state index contributed by atoms with van der Waals surface area (Å²) in [6, 6.07) is 2.93. The van der Waals surface area contributed by atoms with E-state index in [1.807, 2.05) is 0 Å². The summed E-state index contributed by atoms with van der Waals surface area (Å²) in [7, 11) is 0. The molecule has 2 heterocycles. The lowest BCUT2D eigenvalue weighted by Gasteiger charge is -2.19. The number of aliphatic hydroxyl groups excluding tert-OH is 1. The molecule has 146 valence electrons. The molecule has 1 saturated carbocycles. The number of nitrogens with zero attached hydrogens (tertiary/aromatic N) is 3. The highest BCUT2D eigenvalue weighted by atomic mass is 19.1. The molecule has 2 aliphatic rings. The molecule has 0 spiro atoms. The van der Waals surface area contributed by atoms with Crippen LogP contribution < -0.4 is 10.6 Å². The highest BCUT2D eigenvalue weighted by Crippen LogP contribution is 2.27. The van der Waals surface area contributed by atoms with Crippen LogP contribution in [0.2, 0.25) is 0 Å². The van der Waals surface area contributed by atoms with Crippen LogP contribution >= 0.6 is 0 Å². The Morgan fingerprint density at radius 2 is 2.11 bits per heavy atom. The van der Waals surface area contributed by atoms with E-state index in [9.17, 15) is 18.7 Å². The van der Waals surface area contributed by atoms with Crippen LogP contribution in [0.25, 0.3) is 0 Å².